The van der Waals surface area contributed by atoms with Gasteiger partial charge in [-0.2, -0.15) is 13.2 Å². The summed E-state index contributed by atoms with van der Waals surface area (Å²) < 4.78 is 39.1. The van der Waals surface area contributed by atoms with E-state index in [0.717, 1.165) is 11.6 Å². The maximum Gasteiger partial charge on any atom is 0.418 e. The van der Waals surface area contributed by atoms with Crippen LogP contribution in [0.2, 0.25) is 0 Å². The molecule has 3 N–H and O–H groups in total. The van der Waals surface area contributed by atoms with Crippen molar-refractivity contribution in [2.75, 3.05) is 5.43 Å². The van der Waals surface area contributed by atoms with Crippen LogP contribution in [-0.2, 0) is 11.0 Å². The number of aryl methyl sites for hydroxylation is 1. The van der Waals surface area contributed by atoms with Gasteiger partial charge in [-0.3, -0.25) is 20.4 Å². The molecule has 5 nitrogen and oxygen atoms in total. The molecule has 150 valence electrons. The Hall–Kier alpha value is -3.03. The van der Waals surface area contributed by atoms with Crippen LogP contribution in [0.4, 0.5) is 18.9 Å². The van der Waals surface area contributed by atoms with Gasteiger partial charge >= 0.3 is 6.18 Å². The fourth-order valence-corrected chi connectivity index (χ4v) is 2.59. The van der Waals surface area contributed by atoms with Gasteiger partial charge in [0.15, 0.2) is 0 Å². The number of alkyl halides is 3. The highest BCUT2D eigenvalue weighted by molar-refractivity contribution is 5.97. The molecule has 2 amide bonds. The molecular weight excluding hydrogens is 371 g/mol. The molecule has 1 unspecified atom stereocenters. The van der Waals surface area contributed by atoms with Crippen molar-refractivity contribution in [3.63, 3.8) is 0 Å². The van der Waals surface area contributed by atoms with Crippen LogP contribution in [0.15, 0.2) is 48.5 Å². The molecule has 0 saturated heterocycles. The quantitative estimate of drug-likeness (QED) is 0.652. The molecule has 0 radical (unpaired) electrons. The van der Waals surface area contributed by atoms with Crippen molar-refractivity contribution >= 4 is 17.5 Å². The predicted molar refractivity (Wildman–Crippen MR) is 100 cm³/mol. The number of anilines is 1. The molecule has 0 fully saturated rings. The van der Waals surface area contributed by atoms with Gasteiger partial charge in [0.05, 0.1) is 11.3 Å². The molecule has 2 aromatic rings. The topological polar surface area (TPSA) is 70.2 Å². The van der Waals surface area contributed by atoms with E-state index in [1.54, 1.807) is 32.0 Å². The lowest BCUT2D eigenvalue weighted by Gasteiger charge is -2.23. The van der Waals surface area contributed by atoms with Crippen LogP contribution in [0.25, 0.3) is 0 Å². The van der Waals surface area contributed by atoms with E-state index in [-0.39, 0.29) is 11.6 Å². The largest absolute Gasteiger partial charge is 0.418 e. The number of para-hydroxylation sites is 1. The second-order valence-corrected chi connectivity index (χ2v) is 6.72. The molecule has 0 aliphatic heterocycles. The van der Waals surface area contributed by atoms with E-state index in [4.69, 9.17) is 0 Å². The third-order valence-electron chi connectivity index (χ3n) is 4.07. The Kier molecular flexibility index (Phi) is 6.66. The van der Waals surface area contributed by atoms with Gasteiger partial charge in [0, 0.05) is 5.56 Å². The molecule has 2 aromatic carbocycles. The summed E-state index contributed by atoms with van der Waals surface area (Å²) in [5, 5.41) is 2.63. The Morgan fingerprint density at radius 2 is 1.68 bits per heavy atom. The lowest BCUT2D eigenvalue weighted by Crippen LogP contribution is -2.51. The van der Waals surface area contributed by atoms with Gasteiger partial charge in [-0.25, -0.2) is 0 Å². The van der Waals surface area contributed by atoms with Gasteiger partial charge in [0.25, 0.3) is 11.8 Å². The minimum Gasteiger partial charge on any atom is -0.340 e. The first-order valence-electron chi connectivity index (χ1n) is 8.69. The lowest BCUT2D eigenvalue weighted by molar-refractivity contribution is -0.137. The Morgan fingerprint density at radius 1 is 1.00 bits per heavy atom. The number of carbonyl (C=O) groups excluding carboxylic acids is 2. The summed E-state index contributed by atoms with van der Waals surface area (Å²) >= 11 is 0. The molecule has 2 rings (SSSR count). The zero-order valence-electron chi connectivity index (χ0n) is 15.7. The fraction of sp³-hybridized carbons (Fsp3) is 0.300. The van der Waals surface area contributed by atoms with Crippen molar-refractivity contribution in [1.29, 1.82) is 0 Å². The number of carbonyl (C=O) groups is 2. The van der Waals surface area contributed by atoms with E-state index in [2.05, 4.69) is 16.2 Å². The van der Waals surface area contributed by atoms with Gasteiger partial charge in [0.1, 0.15) is 6.04 Å². The van der Waals surface area contributed by atoms with Crippen molar-refractivity contribution in [2.24, 2.45) is 5.92 Å². The molecule has 0 heterocycles. The Bertz CT molecular complexity index is 851. The Balaban J connectivity index is 2.09. The summed E-state index contributed by atoms with van der Waals surface area (Å²) in [6.45, 7) is 5.29. The summed E-state index contributed by atoms with van der Waals surface area (Å²) in [5.74, 6) is -1.37. The third kappa shape index (κ3) is 5.48. The summed E-state index contributed by atoms with van der Waals surface area (Å²) in [7, 11) is 0. The minimum atomic E-state index is -4.56. The predicted octanol–water partition coefficient (Wildman–Crippen LogP) is 3.91. The number of hydrazine groups is 1. The molecule has 0 spiro atoms. The van der Waals surface area contributed by atoms with Gasteiger partial charge in [-0.15, -0.1) is 0 Å². The number of hydrogen-bond acceptors (Lipinski definition) is 3. The van der Waals surface area contributed by atoms with Crippen molar-refractivity contribution in [2.45, 2.75) is 33.0 Å². The lowest BCUT2D eigenvalue weighted by atomic mass is 10.0. The summed E-state index contributed by atoms with van der Waals surface area (Å²) in [5.41, 5.74) is 4.67. The molecule has 1 atom stereocenters. The van der Waals surface area contributed by atoms with Crippen LogP contribution in [0.3, 0.4) is 0 Å². The van der Waals surface area contributed by atoms with Crippen LogP contribution in [-0.4, -0.2) is 17.9 Å². The van der Waals surface area contributed by atoms with E-state index >= 15 is 0 Å². The molecule has 0 bridgehead atoms. The normalized spacial score (nSPS) is 12.4. The summed E-state index contributed by atoms with van der Waals surface area (Å²) in [4.78, 5) is 24.9. The number of hydrogen-bond donors (Lipinski definition) is 3. The van der Waals surface area contributed by atoms with E-state index in [0.29, 0.717) is 5.56 Å². The first-order chi connectivity index (χ1) is 13.1. The minimum absolute atomic E-state index is 0.282. The maximum atomic E-state index is 13.0. The zero-order chi connectivity index (χ0) is 20.9. The Morgan fingerprint density at radius 3 is 2.29 bits per heavy atom. The number of rotatable bonds is 6. The SMILES string of the molecule is Cc1cccc(C(=O)NC(C(=O)NNc2ccccc2C(F)(F)F)C(C)C)c1. The second kappa shape index (κ2) is 8.77. The van der Waals surface area contributed by atoms with Crippen LogP contribution >= 0.6 is 0 Å². The smallest absolute Gasteiger partial charge is 0.340 e. The average Bonchev–Trinajstić information content (AvgIpc) is 2.63. The third-order valence-corrected chi connectivity index (χ3v) is 4.07. The summed E-state index contributed by atoms with van der Waals surface area (Å²) in [6.07, 6.45) is -4.56. The van der Waals surface area contributed by atoms with Crippen LogP contribution < -0.4 is 16.2 Å². The molecule has 0 aromatic heterocycles. The van der Waals surface area contributed by atoms with Gasteiger partial charge in [0.2, 0.25) is 0 Å². The highest BCUT2D eigenvalue weighted by atomic mass is 19.4. The van der Waals surface area contributed by atoms with Gasteiger partial charge in [-0.1, -0.05) is 43.7 Å². The van der Waals surface area contributed by atoms with E-state index in [1.165, 1.54) is 18.2 Å². The standard InChI is InChI=1S/C20H22F3N3O2/c1-12(2)17(24-18(27)14-8-6-7-13(3)11-14)19(28)26-25-16-10-5-4-9-15(16)20(21,22)23/h4-12,17,25H,1-3H3,(H,24,27)(H,26,28). The van der Waals surface area contributed by atoms with Crippen LogP contribution in [0.5, 0.6) is 0 Å². The number of benzene rings is 2. The van der Waals surface area contributed by atoms with Gasteiger partial charge < -0.3 is 5.32 Å². The molecule has 28 heavy (non-hydrogen) atoms. The Labute approximate surface area is 161 Å². The average molecular weight is 393 g/mol. The van der Waals surface area contributed by atoms with Gasteiger partial charge in [-0.05, 0) is 37.1 Å². The van der Waals surface area contributed by atoms with Crippen molar-refractivity contribution in [3.8, 4) is 0 Å². The zero-order valence-corrected chi connectivity index (χ0v) is 15.7. The highest BCUT2D eigenvalue weighted by Gasteiger charge is 2.33. The number of nitrogens with one attached hydrogen (secondary N) is 3. The molecule has 0 aliphatic rings. The monoisotopic (exact) mass is 393 g/mol. The highest BCUT2D eigenvalue weighted by Crippen LogP contribution is 2.34. The van der Waals surface area contributed by atoms with Crippen LogP contribution in [0.1, 0.15) is 35.3 Å². The maximum absolute atomic E-state index is 13.0. The van der Waals surface area contributed by atoms with E-state index < -0.39 is 29.6 Å². The first-order valence-corrected chi connectivity index (χ1v) is 8.69. The van der Waals surface area contributed by atoms with Crippen molar-refractivity contribution < 1.29 is 22.8 Å². The molecular formula is C20H22F3N3O2. The molecule has 8 heteroatoms. The molecule has 0 saturated carbocycles. The van der Waals surface area contributed by atoms with Crippen molar-refractivity contribution in [3.05, 3.63) is 65.2 Å². The summed E-state index contributed by atoms with van der Waals surface area (Å²) in [6, 6.07) is 10.7. The van der Waals surface area contributed by atoms with E-state index in [1.807, 2.05) is 13.0 Å². The second-order valence-electron chi connectivity index (χ2n) is 6.72. The van der Waals surface area contributed by atoms with Crippen molar-refractivity contribution in [1.82, 2.24) is 10.7 Å². The number of amides is 2. The first kappa shape index (κ1) is 21.3. The fourth-order valence-electron chi connectivity index (χ4n) is 2.59. The van der Waals surface area contributed by atoms with E-state index in [9.17, 15) is 22.8 Å². The van der Waals surface area contributed by atoms with Crippen LogP contribution in [0, 0.1) is 12.8 Å². The number of halogens is 3. The molecule has 0 aliphatic carbocycles.